The maximum atomic E-state index is 11.9. The Morgan fingerprint density at radius 1 is 1.20 bits per heavy atom. The average Bonchev–Trinajstić information content (AvgIpc) is 2.42. The molecular formula is C15H23N3O2. The lowest BCUT2D eigenvalue weighted by Crippen LogP contribution is -2.52. The number of amides is 2. The summed E-state index contributed by atoms with van der Waals surface area (Å²) in [7, 11) is 0. The minimum absolute atomic E-state index is 0.0576. The number of nitrogens with two attached hydrogens (primary N) is 2. The monoisotopic (exact) mass is 277 g/mol. The molecule has 1 rings (SSSR count). The van der Waals surface area contributed by atoms with Crippen LogP contribution in [0.5, 0.6) is 0 Å². The lowest BCUT2D eigenvalue weighted by molar-refractivity contribution is -0.129. The number of primary amides is 1. The van der Waals surface area contributed by atoms with Crippen molar-refractivity contribution >= 4 is 11.8 Å². The van der Waals surface area contributed by atoms with Gasteiger partial charge in [-0.25, -0.2) is 0 Å². The third-order valence-electron chi connectivity index (χ3n) is 3.19. The van der Waals surface area contributed by atoms with Crippen LogP contribution in [0.3, 0.4) is 0 Å². The van der Waals surface area contributed by atoms with Crippen molar-refractivity contribution in [2.24, 2.45) is 17.4 Å². The topological polar surface area (TPSA) is 98.2 Å². The van der Waals surface area contributed by atoms with E-state index in [1.807, 2.05) is 44.2 Å². The van der Waals surface area contributed by atoms with Gasteiger partial charge in [0, 0.05) is 0 Å². The molecule has 5 N–H and O–H groups in total. The largest absolute Gasteiger partial charge is 0.368 e. The number of rotatable bonds is 7. The summed E-state index contributed by atoms with van der Waals surface area (Å²) in [6.07, 6.45) is 1.25. The average molecular weight is 277 g/mol. The van der Waals surface area contributed by atoms with Crippen LogP contribution in [-0.4, -0.2) is 23.9 Å². The zero-order valence-electron chi connectivity index (χ0n) is 12.0. The Hall–Kier alpha value is -1.88. The van der Waals surface area contributed by atoms with Crippen molar-refractivity contribution in [2.45, 2.75) is 38.8 Å². The van der Waals surface area contributed by atoms with Crippen LogP contribution >= 0.6 is 0 Å². The van der Waals surface area contributed by atoms with Gasteiger partial charge in [-0.2, -0.15) is 0 Å². The van der Waals surface area contributed by atoms with Crippen LogP contribution < -0.4 is 16.8 Å². The van der Waals surface area contributed by atoms with Crippen LogP contribution in [-0.2, 0) is 16.0 Å². The van der Waals surface area contributed by atoms with E-state index < -0.39 is 18.0 Å². The van der Waals surface area contributed by atoms with Gasteiger partial charge < -0.3 is 16.8 Å². The molecule has 0 saturated carbocycles. The molecule has 0 radical (unpaired) electrons. The molecule has 0 saturated heterocycles. The quantitative estimate of drug-likeness (QED) is 0.679. The molecule has 2 amide bonds. The van der Waals surface area contributed by atoms with E-state index in [2.05, 4.69) is 5.32 Å². The summed E-state index contributed by atoms with van der Waals surface area (Å²) in [6, 6.07) is 8.50. The number of hydrogen-bond donors (Lipinski definition) is 3. The highest BCUT2D eigenvalue weighted by Gasteiger charge is 2.24. The van der Waals surface area contributed by atoms with Crippen molar-refractivity contribution in [3.63, 3.8) is 0 Å². The molecule has 1 unspecified atom stereocenters. The maximum Gasteiger partial charge on any atom is 0.240 e. The second-order valence-electron chi connectivity index (χ2n) is 5.26. The van der Waals surface area contributed by atoms with Crippen LogP contribution in [0.15, 0.2) is 30.3 Å². The second-order valence-corrected chi connectivity index (χ2v) is 5.26. The van der Waals surface area contributed by atoms with E-state index in [-0.39, 0.29) is 11.8 Å². The van der Waals surface area contributed by atoms with Crippen LogP contribution in [0, 0.1) is 5.92 Å². The fourth-order valence-corrected chi connectivity index (χ4v) is 1.92. The minimum atomic E-state index is -0.676. The molecule has 0 aliphatic rings. The summed E-state index contributed by atoms with van der Waals surface area (Å²) in [5, 5.41) is 2.61. The van der Waals surface area contributed by atoms with Gasteiger partial charge in [-0.3, -0.25) is 9.59 Å². The molecule has 0 bridgehead atoms. The molecule has 2 atom stereocenters. The van der Waals surface area contributed by atoms with Gasteiger partial charge in [-0.15, -0.1) is 0 Å². The molecule has 0 aliphatic heterocycles. The maximum absolute atomic E-state index is 11.9. The van der Waals surface area contributed by atoms with E-state index in [4.69, 9.17) is 11.5 Å². The smallest absolute Gasteiger partial charge is 0.240 e. The lowest BCUT2D eigenvalue weighted by atomic mass is 10.0. The van der Waals surface area contributed by atoms with E-state index in [1.54, 1.807) is 0 Å². The third-order valence-corrected chi connectivity index (χ3v) is 3.19. The summed E-state index contributed by atoms with van der Waals surface area (Å²) in [4.78, 5) is 23.2. The van der Waals surface area contributed by atoms with E-state index in [0.717, 1.165) is 12.0 Å². The van der Waals surface area contributed by atoms with Gasteiger partial charge in [-0.05, 0) is 24.3 Å². The van der Waals surface area contributed by atoms with Crippen molar-refractivity contribution in [1.82, 2.24) is 5.32 Å². The zero-order valence-corrected chi connectivity index (χ0v) is 12.0. The first-order valence-electron chi connectivity index (χ1n) is 6.81. The molecule has 1 aromatic carbocycles. The second kappa shape index (κ2) is 7.65. The lowest BCUT2D eigenvalue weighted by Gasteiger charge is -2.21. The number of hydrogen-bond acceptors (Lipinski definition) is 3. The standard InChI is InChI=1S/C15H23N3O2/c1-10(2)13(14(17)19)18-15(20)12(16)9-8-11-6-4-3-5-7-11/h3-7,10,12-13H,8-9,16H2,1-2H3,(H2,17,19)(H,18,20)/t12-,13?/m0/s1. The first kappa shape index (κ1) is 16.2. The molecule has 5 heteroatoms. The Labute approximate surface area is 119 Å². The van der Waals surface area contributed by atoms with Gasteiger partial charge in [0.25, 0.3) is 0 Å². The number of benzene rings is 1. The fraction of sp³-hybridized carbons (Fsp3) is 0.467. The van der Waals surface area contributed by atoms with Crippen molar-refractivity contribution in [2.75, 3.05) is 0 Å². The van der Waals surface area contributed by atoms with Gasteiger partial charge in [0.2, 0.25) is 11.8 Å². The fourth-order valence-electron chi connectivity index (χ4n) is 1.92. The Morgan fingerprint density at radius 3 is 2.30 bits per heavy atom. The molecule has 0 aromatic heterocycles. The van der Waals surface area contributed by atoms with E-state index in [9.17, 15) is 9.59 Å². The van der Waals surface area contributed by atoms with Crippen LogP contribution in [0.25, 0.3) is 0 Å². The zero-order chi connectivity index (χ0) is 15.1. The van der Waals surface area contributed by atoms with Gasteiger partial charge >= 0.3 is 0 Å². The molecular weight excluding hydrogens is 254 g/mol. The Balaban J connectivity index is 2.48. The van der Waals surface area contributed by atoms with Crippen LogP contribution in [0.2, 0.25) is 0 Å². The van der Waals surface area contributed by atoms with Gasteiger partial charge in [0.1, 0.15) is 6.04 Å². The molecule has 1 aromatic rings. The van der Waals surface area contributed by atoms with Crippen molar-refractivity contribution in [1.29, 1.82) is 0 Å². The van der Waals surface area contributed by atoms with Crippen molar-refractivity contribution in [3.8, 4) is 0 Å². The number of carbonyl (C=O) groups excluding carboxylic acids is 2. The van der Waals surface area contributed by atoms with E-state index >= 15 is 0 Å². The molecule has 5 nitrogen and oxygen atoms in total. The van der Waals surface area contributed by atoms with Gasteiger partial charge in [0.15, 0.2) is 0 Å². The highest BCUT2D eigenvalue weighted by Crippen LogP contribution is 2.05. The molecule has 20 heavy (non-hydrogen) atoms. The number of nitrogens with one attached hydrogen (secondary N) is 1. The summed E-state index contributed by atoms with van der Waals surface area (Å²) < 4.78 is 0. The Bertz CT molecular complexity index is 446. The normalized spacial score (nSPS) is 13.8. The first-order valence-corrected chi connectivity index (χ1v) is 6.81. The molecule has 0 aliphatic carbocycles. The minimum Gasteiger partial charge on any atom is -0.368 e. The van der Waals surface area contributed by atoms with E-state index in [1.165, 1.54) is 0 Å². The molecule has 0 spiro atoms. The predicted molar refractivity (Wildman–Crippen MR) is 78.7 cm³/mol. The van der Waals surface area contributed by atoms with E-state index in [0.29, 0.717) is 6.42 Å². The number of aryl methyl sites for hydroxylation is 1. The van der Waals surface area contributed by atoms with Gasteiger partial charge in [0.05, 0.1) is 6.04 Å². The first-order chi connectivity index (χ1) is 9.41. The summed E-state index contributed by atoms with van der Waals surface area (Å²) >= 11 is 0. The highest BCUT2D eigenvalue weighted by atomic mass is 16.2. The van der Waals surface area contributed by atoms with Crippen LogP contribution in [0.1, 0.15) is 25.8 Å². The molecule has 110 valence electrons. The van der Waals surface area contributed by atoms with Gasteiger partial charge in [-0.1, -0.05) is 44.2 Å². The van der Waals surface area contributed by atoms with Crippen molar-refractivity contribution < 1.29 is 9.59 Å². The Morgan fingerprint density at radius 2 is 1.80 bits per heavy atom. The summed E-state index contributed by atoms with van der Waals surface area (Å²) in [5.41, 5.74) is 12.2. The summed E-state index contributed by atoms with van der Waals surface area (Å²) in [5.74, 6) is -0.931. The SMILES string of the molecule is CC(C)C(NC(=O)[C@@H](N)CCc1ccccc1)C(N)=O. The summed E-state index contributed by atoms with van der Waals surface area (Å²) in [6.45, 7) is 3.65. The predicted octanol–water partition coefficient (Wildman–Crippen LogP) is 0.573. The Kier molecular flexibility index (Phi) is 6.18. The number of carbonyl (C=O) groups is 2. The third kappa shape index (κ3) is 5.01. The highest BCUT2D eigenvalue weighted by molar-refractivity contribution is 5.89. The van der Waals surface area contributed by atoms with Crippen LogP contribution in [0.4, 0.5) is 0 Å². The molecule has 0 fully saturated rings. The molecule has 0 heterocycles. The van der Waals surface area contributed by atoms with Crippen molar-refractivity contribution in [3.05, 3.63) is 35.9 Å².